The van der Waals surface area contributed by atoms with Gasteiger partial charge in [-0.15, -0.1) is 0 Å². The number of ether oxygens (including phenoxy) is 1. The first-order chi connectivity index (χ1) is 9.59. The van der Waals surface area contributed by atoms with Gasteiger partial charge in [0.05, 0.1) is 6.10 Å². The number of nitrogens with one attached hydrogen (secondary N) is 1. The maximum absolute atomic E-state index is 12.0. The first kappa shape index (κ1) is 15.0. The number of hydrogen-bond donors (Lipinski definition) is 2. The molecule has 0 spiro atoms. The van der Waals surface area contributed by atoms with E-state index in [1.54, 1.807) is 12.1 Å². The number of hydrogen-bond acceptors (Lipinski definition) is 3. The molecule has 0 saturated carbocycles. The van der Waals surface area contributed by atoms with Gasteiger partial charge in [0.15, 0.2) is 6.10 Å². The summed E-state index contributed by atoms with van der Waals surface area (Å²) in [6, 6.07) is 8.98. The van der Waals surface area contributed by atoms with Crippen molar-refractivity contribution in [1.29, 1.82) is 0 Å². The van der Waals surface area contributed by atoms with E-state index in [9.17, 15) is 9.90 Å². The van der Waals surface area contributed by atoms with Crippen LogP contribution in [-0.2, 0) is 9.53 Å². The Bertz CT molecular complexity index is 433. The van der Waals surface area contributed by atoms with Crippen molar-refractivity contribution in [1.82, 2.24) is 5.32 Å². The zero-order valence-corrected chi connectivity index (χ0v) is 12.1. The lowest BCUT2D eigenvalue weighted by Crippen LogP contribution is -2.37. The average Bonchev–Trinajstić information content (AvgIpc) is 2.93. The Hall–Kier alpha value is -1.39. The summed E-state index contributed by atoms with van der Waals surface area (Å²) in [5.74, 6) is 0.436. The third kappa shape index (κ3) is 3.58. The molecule has 1 heterocycles. The smallest absolute Gasteiger partial charge is 0.253 e. The van der Waals surface area contributed by atoms with Crippen molar-refractivity contribution in [2.45, 2.75) is 32.5 Å². The Morgan fingerprint density at radius 2 is 2.10 bits per heavy atom. The molecule has 1 amide bonds. The fourth-order valence-corrected chi connectivity index (χ4v) is 2.73. The van der Waals surface area contributed by atoms with Crippen molar-refractivity contribution in [3.05, 3.63) is 35.9 Å². The van der Waals surface area contributed by atoms with Crippen molar-refractivity contribution in [2.24, 2.45) is 11.8 Å². The van der Waals surface area contributed by atoms with E-state index in [0.717, 1.165) is 13.0 Å². The molecule has 1 aromatic rings. The fourth-order valence-electron chi connectivity index (χ4n) is 2.73. The van der Waals surface area contributed by atoms with Crippen molar-refractivity contribution in [3.8, 4) is 0 Å². The summed E-state index contributed by atoms with van der Waals surface area (Å²) < 4.78 is 5.69. The number of rotatable bonds is 5. The minimum atomic E-state index is -1.10. The molecule has 1 saturated heterocycles. The Balaban J connectivity index is 1.86. The molecule has 20 heavy (non-hydrogen) atoms. The quantitative estimate of drug-likeness (QED) is 0.864. The molecule has 0 aliphatic carbocycles. The summed E-state index contributed by atoms with van der Waals surface area (Å²) in [5, 5.41) is 12.8. The van der Waals surface area contributed by atoms with Crippen LogP contribution in [0.3, 0.4) is 0 Å². The average molecular weight is 277 g/mol. The Morgan fingerprint density at radius 3 is 2.75 bits per heavy atom. The molecule has 1 aliphatic heterocycles. The van der Waals surface area contributed by atoms with Crippen LogP contribution in [0.15, 0.2) is 30.3 Å². The Kier molecular flexibility index (Phi) is 5.15. The zero-order chi connectivity index (χ0) is 14.5. The van der Waals surface area contributed by atoms with Gasteiger partial charge in [0, 0.05) is 19.1 Å². The third-order valence-corrected chi connectivity index (χ3v) is 3.82. The highest BCUT2D eigenvalue weighted by Crippen LogP contribution is 2.26. The SMILES string of the molecule is CC(C)[C@H]1OCC[C@@H]1CNC(=O)C(O)c1ccccc1. The molecular formula is C16H23NO3. The van der Waals surface area contributed by atoms with E-state index in [2.05, 4.69) is 19.2 Å². The highest BCUT2D eigenvalue weighted by molar-refractivity contribution is 5.81. The van der Waals surface area contributed by atoms with Crippen LogP contribution in [0.2, 0.25) is 0 Å². The van der Waals surface area contributed by atoms with Gasteiger partial charge >= 0.3 is 0 Å². The number of amides is 1. The molecule has 0 radical (unpaired) electrons. The van der Waals surface area contributed by atoms with Crippen LogP contribution >= 0.6 is 0 Å². The molecule has 1 aliphatic rings. The number of aliphatic hydroxyl groups is 1. The van der Waals surface area contributed by atoms with Gasteiger partial charge in [-0.1, -0.05) is 44.2 Å². The Labute approximate surface area is 120 Å². The third-order valence-electron chi connectivity index (χ3n) is 3.82. The van der Waals surface area contributed by atoms with E-state index in [4.69, 9.17) is 4.74 Å². The summed E-state index contributed by atoms with van der Waals surface area (Å²) in [4.78, 5) is 12.0. The summed E-state index contributed by atoms with van der Waals surface area (Å²) in [6.45, 7) is 5.57. The molecule has 1 aromatic carbocycles. The normalized spacial score (nSPS) is 23.8. The maximum atomic E-state index is 12.0. The molecule has 110 valence electrons. The van der Waals surface area contributed by atoms with Crippen molar-refractivity contribution in [2.75, 3.05) is 13.2 Å². The van der Waals surface area contributed by atoms with Crippen molar-refractivity contribution >= 4 is 5.91 Å². The van der Waals surface area contributed by atoms with Crippen molar-refractivity contribution < 1.29 is 14.6 Å². The van der Waals surface area contributed by atoms with Crippen LogP contribution in [0, 0.1) is 11.8 Å². The van der Waals surface area contributed by atoms with E-state index < -0.39 is 6.10 Å². The molecule has 2 rings (SSSR count). The second-order valence-electron chi connectivity index (χ2n) is 5.69. The second kappa shape index (κ2) is 6.86. The van der Waals surface area contributed by atoms with Gasteiger partial charge in [0.1, 0.15) is 0 Å². The van der Waals surface area contributed by atoms with Gasteiger partial charge in [-0.2, -0.15) is 0 Å². The van der Waals surface area contributed by atoms with Gasteiger partial charge < -0.3 is 15.2 Å². The van der Waals surface area contributed by atoms with Crippen LogP contribution in [0.25, 0.3) is 0 Å². The predicted octanol–water partition coefficient (Wildman–Crippen LogP) is 1.90. The van der Waals surface area contributed by atoms with Crippen LogP contribution in [0.4, 0.5) is 0 Å². The molecule has 1 unspecified atom stereocenters. The molecular weight excluding hydrogens is 254 g/mol. The number of carbonyl (C=O) groups is 1. The maximum Gasteiger partial charge on any atom is 0.253 e. The minimum Gasteiger partial charge on any atom is -0.378 e. The molecule has 4 nitrogen and oxygen atoms in total. The van der Waals surface area contributed by atoms with Gasteiger partial charge in [-0.05, 0) is 17.9 Å². The number of benzene rings is 1. The minimum absolute atomic E-state index is 0.198. The number of carbonyl (C=O) groups excluding carboxylic acids is 1. The van der Waals surface area contributed by atoms with E-state index in [0.29, 0.717) is 23.9 Å². The van der Waals surface area contributed by atoms with Crippen LogP contribution in [0.5, 0.6) is 0 Å². The summed E-state index contributed by atoms with van der Waals surface area (Å²) >= 11 is 0. The summed E-state index contributed by atoms with van der Waals surface area (Å²) in [5.41, 5.74) is 0.619. The molecule has 1 fully saturated rings. The van der Waals surface area contributed by atoms with E-state index in [1.807, 2.05) is 18.2 Å². The van der Waals surface area contributed by atoms with Crippen LogP contribution in [-0.4, -0.2) is 30.3 Å². The van der Waals surface area contributed by atoms with E-state index >= 15 is 0 Å². The summed E-state index contributed by atoms with van der Waals surface area (Å²) in [7, 11) is 0. The fraction of sp³-hybridized carbons (Fsp3) is 0.562. The second-order valence-corrected chi connectivity index (χ2v) is 5.69. The lowest BCUT2D eigenvalue weighted by molar-refractivity contribution is -0.129. The standard InChI is InChI=1S/C16H23NO3/c1-11(2)15-13(8-9-20-15)10-17-16(19)14(18)12-6-4-3-5-7-12/h3-7,11,13-15,18H,8-10H2,1-2H3,(H,17,19)/t13-,14?,15-/m1/s1. The first-order valence-electron chi connectivity index (χ1n) is 7.22. The molecule has 0 aromatic heterocycles. The van der Waals surface area contributed by atoms with E-state index in [-0.39, 0.29) is 12.0 Å². The van der Waals surface area contributed by atoms with Gasteiger partial charge in [0.25, 0.3) is 5.91 Å². The van der Waals surface area contributed by atoms with Gasteiger partial charge in [-0.25, -0.2) is 0 Å². The predicted molar refractivity (Wildman–Crippen MR) is 77.1 cm³/mol. The topological polar surface area (TPSA) is 58.6 Å². The van der Waals surface area contributed by atoms with Gasteiger partial charge in [-0.3, -0.25) is 4.79 Å². The highest BCUT2D eigenvalue weighted by atomic mass is 16.5. The number of aliphatic hydroxyl groups excluding tert-OH is 1. The molecule has 4 heteroatoms. The molecule has 3 atom stereocenters. The lowest BCUT2D eigenvalue weighted by atomic mass is 9.93. The van der Waals surface area contributed by atoms with Crippen molar-refractivity contribution in [3.63, 3.8) is 0 Å². The van der Waals surface area contributed by atoms with Crippen LogP contribution < -0.4 is 5.32 Å². The van der Waals surface area contributed by atoms with E-state index in [1.165, 1.54) is 0 Å². The molecule has 2 N–H and O–H groups in total. The Morgan fingerprint density at radius 1 is 1.40 bits per heavy atom. The molecule has 0 bridgehead atoms. The lowest BCUT2D eigenvalue weighted by Gasteiger charge is -2.22. The first-order valence-corrected chi connectivity index (χ1v) is 7.22. The zero-order valence-electron chi connectivity index (χ0n) is 12.1. The monoisotopic (exact) mass is 277 g/mol. The summed E-state index contributed by atoms with van der Waals surface area (Å²) in [6.07, 6.45) is 0.0603. The van der Waals surface area contributed by atoms with Crippen LogP contribution in [0.1, 0.15) is 31.9 Å². The largest absolute Gasteiger partial charge is 0.378 e. The highest BCUT2D eigenvalue weighted by Gasteiger charge is 2.31. The van der Waals surface area contributed by atoms with Gasteiger partial charge in [0.2, 0.25) is 0 Å².